The van der Waals surface area contributed by atoms with Gasteiger partial charge in [0.25, 0.3) is 0 Å². The predicted molar refractivity (Wildman–Crippen MR) is 74.6 cm³/mol. The zero-order valence-electron chi connectivity index (χ0n) is 11.6. The van der Waals surface area contributed by atoms with Crippen molar-refractivity contribution in [1.29, 1.82) is 0 Å². The Kier molecular flexibility index (Phi) is 8.36. The summed E-state index contributed by atoms with van der Waals surface area (Å²) in [6.07, 6.45) is 15.0. The van der Waals surface area contributed by atoms with E-state index in [1.807, 2.05) is 13.0 Å². The van der Waals surface area contributed by atoms with E-state index in [9.17, 15) is 4.79 Å². The lowest BCUT2D eigenvalue weighted by molar-refractivity contribution is 0.101. The standard InChI is InChI=1S/C15H27NO2/c1-14-12-10-8-6-4-2-3-5-7-9-11-13-16-15(17)18-14/h9,11,14H,2-8,10,12-13H2,1H3,(H,16,17)/b11-9-. The summed E-state index contributed by atoms with van der Waals surface area (Å²) >= 11 is 0. The van der Waals surface area contributed by atoms with E-state index < -0.39 is 0 Å². The van der Waals surface area contributed by atoms with Crippen molar-refractivity contribution in [3.8, 4) is 0 Å². The highest BCUT2D eigenvalue weighted by atomic mass is 16.6. The maximum Gasteiger partial charge on any atom is 0.407 e. The number of hydrogen-bond acceptors (Lipinski definition) is 2. The molecule has 3 heteroatoms. The summed E-state index contributed by atoms with van der Waals surface area (Å²) in [5.41, 5.74) is 0. The molecule has 3 nitrogen and oxygen atoms in total. The van der Waals surface area contributed by atoms with Crippen LogP contribution in [0.15, 0.2) is 12.2 Å². The van der Waals surface area contributed by atoms with Crippen LogP contribution in [-0.2, 0) is 4.74 Å². The van der Waals surface area contributed by atoms with Gasteiger partial charge in [0.1, 0.15) is 6.10 Å². The maximum atomic E-state index is 11.4. The lowest BCUT2D eigenvalue weighted by Gasteiger charge is -2.13. The van der Waals surface area contributed by atoms with Gasteiger partial charge in [-0.3, -0.25) is 0 Å². The molecule has 0 bridgehead atoms. The van der Waals surface area contributed by atoms with Gasteiger partial charge in [0.2, 0.25) is 0 Å². The number of cyclic esters (lactones) is 1. The number of nitrogens with one attached hydrogen (secondary N) is 1. The first-order valence-electron chi connectivity index (χ1n) is 7.38. The fourth-order valence-electron chi connectivity index (χ4n) is 2.20. The van der Waals surface area contributed by atoms with Gasteiger partial charge < -0.3 is 10.1 Å². The molecule has 1 heterocycles. The van der Waals surface area contributed by atoms with Crippen LogP contribution in [0.3, 0.4) is 0 Å². The molecule has 1 N–H and O–H groups in total. The molecule has 1 atom stereocenters. The van der Waals surface area contributed by atoms with Crippen molar-refractivity contribution in [2.24, 2.45) is 0 Å². The summed E-state index contributed by atoms with van der Waals surface area (Å²) in [5, 5.41) is 2.75. The van der Waals surface area contributed by atoms with E-state index in [0.717, 1.165) is 19.3 Å². The summed E-state index contributed by atoms with van der Waals surface area (Å²) in [6, 6.07) is 0. The molecule has 0 saturated heterocycles. The van der Waals surface area contributed by atoms with Crippen molar-refractivity contribution in [2.45, 2.75) is 70.8 Å². The summed E-state index contributed by atoms with van der Waals surface area (Å²) in [6.45, 7) is 2.55. The van der Waals surface area contributed by atoms with Crippen LogP contribution >= 0.6 is 0 Å². The zero-order valence-corrected chi connectivity index (χ0v) is 11.6. The molecule has 0 aromatic heterocycles. The molecule has 0 aliphatic carbocycles. The van der Waals surface area contributed by atoms with Crippen LogP contribution in [0.25, 0.3) is 0 Å². The van der Waals surface area contributed by atoms with Gasteiger partial charge in [0.05, 0.1) is 0 Å². The molecule has 1 amide bonds. The van der Waals surface area contributed by atoms with Gasteiger partial charge in [-0.2, -0.15) is 0 Å². The minimum atomic E-state index is -0.292. The number of carbonyl (C=O) groups excluding carboxylic acids is 1. The second-order valence-electron chi connectivity index (χ2n) is 5.12. The number of hydrogen-bond donors (Lipinski definition) is 1. The average Bonchev–Trinajstić information content (AvgIpc) is 2.33. The van der Waals surface area contributed by atoms with Gasteiger partial charge in [0, 0.05) is 6.54 Å². The zero-order chi connectivity index (χ0) is 13.1. The molecule has 1 aliphatic heterocycles. The average molecular weight is 253 g/mol. The van der Waals surface area contributed by atoms with Crippen LogP contribution in [-0.4, -0.2) is 18.7 Å². The molecule has 1 aliphatic rings. The summed E-state index contributed by atoms with van der Waals surface area (Å²) in [5.74, 6) is 0. The number of ether oxygens (including phenoxy) is 1. The third-order valence-electron chi connectivity index (χ3n) is 3.32. The Balaban J connectivity index is 2.29. The van der Waals surface area contributed by atoms with E-state index in [-0.39, 0.29) is 12.2 Å². The SMILES string of the molecule is CC1CCCCCCCCC/C=C\CNC(=O)O1. The summed E-state index contributed by atoms with van der Waals surface area (Å²) in [7, 11) is 0. The molecule has 104 valence electrons. The van der Waals surface area contributed by atoms with Crippen molar-refractivity contribution < 1.29 is 9.53 Å². The summed E-state index contributed by atoms with van der Waals surface area (Å²) < 4.78 is 5.27. The molecule has 0 saturated carbocycles. The normalized spacial score (nSPS) is 26.9. The maximum absolute atomic E-state index is 11.4. The molecule has 0 fully saturated rings. The largest absolute Gasteiger partial charge is 0.447 e. The number of alkyl carbamates (subject to hydrolysis) is 1. The molecule has 0 spiro atoms. The predicted octanol–water partition coefficient (Wildman–Crippen LogP) is 4.18. The van der Waals surface area contributed by atoms with E-state index in [0.29, 0.717) is 6.54 Å². The van der Waals surface area contributed by atoms with Gasteiger partial charge in [0.15, 0.2) is 0 Å². The van der Waals surface area contributed by atoms with E-state index in [1.54, 1.807) is 0 Å². The Bertz CT molecular complexity index is 251. The van der Waals surface area contributed by atoms with E-state index >= 15 is 0 Å². The molecule has 0 aromatic rings. The quantitative estimate of drug-likeness (QED) is 0.658. The smallest absolute Gasteiger partial charge is 0.407 e. The Hall–Kier alpha value is -0.990. The van der Waals surface area contributed by atoms with Crippen molar-refractivity contribution >= 4 is 6.09 Å². The summed E-state index contributed by atoms with van der Waals surface area (Å²) in [4.78, 5) is 11.4. The second-order valence-corrected chi connectivity index (χ2v) is 5.12. The highest BCUT2D eigenvalue weighted by Crippen LogP contribution is 2.12. The first-order valence-corrected chi connectivity index (χ1v) is 7.38. The topological polar surface area (TPSA) is 38.3 Å². The lowest BCUT2D eigenvalue weighted by Crippen LogP contribution is -2.27. The molecular formula is C15H27NO2. The molecule has 0 aromatic carbocycles. The molecular weight excluding hydrogens is 226 g/mol. The van der Waals surface area contributed by atoms with Gasteiger partial charge in [-0.25, -0.2) is 4.79 Å². The highest BCUT2D eigenvalue weighted by molar-refractivity contribution is 5.67. The minimum absolute atomic E-state index is 0.0295. The highest BCUT2D eigenvalue weighted by Gasteiger charge is 2.07. The Morgan fingerprint density at radius 1 is 1.06 bits per heavy atom. The number of amides is 1. The van der Waals surface area contributed by atoms with E-state index in [1.165, 1.54) is 38.5 Å². The van der Waals surface area contributed by atoms with Gasteiger partial charge in [-0.15, -0.1) is 0 Å². The molecule has 18 heavy (non-hydrogen) atoms. The van der Waals surface area contributed by atoms with Gasteiger partial charge in [-0.1, -0.05) is 44.3 Å². The van der Waals surface area contributed by atoms with Gasteiger partial charge >= 0.3 is 6.09 Å². The van der Waals surface area contributed by atoms with Gasteiger partial charge in [-0.05, 0) is 32.6 Å². The number of carbonyl (C=O) groups is 1. The molecule has 0 radical (unpaired) electrons. The van der Waals surface area contributed by atoms with Crippen molar-refractivity contribution in [2.75, 3.05) is 6.54 Å². The van der Waals surface area contributed by atoms with E-state index in [4.69, 9.17) is 4.74 Å². The first-order chi connectivity index (χ1) is 8.79. The molecule has 1 unspecified atom stereocenters. The minimum Gasteiger partial charge on any atom is -0.447 e. The van der Waals surface area contributed by atoms with E-state index in [2.05, 4.69) is 11.4 Å². The second kappa shape index (κ2) is 9.98. The Labute approximate surface area is 111 Å². The van der Waals surface area contributed by atoms with Crippen LogP contribution in [0, 0.1) is 0 Å². The van der Waals surface area contributed by atoms with Crippen molar-refractivity contribution in [3.05, 3.63) is 12.2 Å². The van der Waals surface area contributed by atoms with Crippen LogP contribution in [0.4, 0.5) is 4.79 Å². The lowest BCUT2D eigenvalue weighted by atomic mass is 10.1. The third-order valence-corrected chi connectivity index (χ3v) is 3.32. The first kappa shape index (κ1) is 15.1. The fraction of sp³-hybridized carbons (Fsp3) is 0.800. The van der Waals surface area contributed by atoms with Crippen LogP contribution in [0.1, 0.15) is 64.7 Å². The Morgan fingerprint density at radius 2 is 1.72 bits per heavy atom. The monoisotopic (exact) mass is 253 g/mol. The Morgan fingerprint density at radius 3 is 2.50 bits per heavy atom. The van der Waals surface area contributed by atoms with Crippen molar-refractivity contribution in [1.82, 2.24) is 5.32 Å². The number of rotatable bonds is 0. The fourth-order valence-corrected chi connectivity index (χ4v) is 2.20. The van der Waals surface area contributed by atoms with Crippen molar-refractivity contribution in [3.63, 3.8) is 0 Å². The van der Waals surface area contributed by atoms with Crippen LogP contribution in [0.5, 0.6) is 0 Å². The number of allylic oxidation sites excluding steroid dienone is 1. The van der Waals surface area contributed by atoms with Crippen LogP contribution in [0.2, 0.25) is 0 Å². The molecule has 1 rings (SSSR count). The van der Waals surface area contributed by atoms with Crippen LogP contribution < -0.4 is 5.32 Å². The third kappa shape index (κ3) is 8.15.